The van der Waals surface area contributed by atoms with Gasteiger partial charge in [-0.3, -0.25) is 24.0 Å². The number of carbonyl (C=O) groups excluding carboxylic acids is 5. The SMILES string of the molecule is CC(=O)OC[C@H]1C=C(OC(C)=O)[C@@H](COC(C)=O)C2C(=O)c3ccccc3C(=O)C21. The van der Waals surface area contributed by atoms with Gasteiger partial charge in [0, 0.05) is 49.7 Å². The van der Waals surface area contributed by atoms with E-state index < -0.39 is 41.6 Å². The fourth-order valence-corrected chi connectivity index (χ4v) is 4.14. The maximum absolute atomic E-state index is 13.4. The van der Waals surface area contributed by atoms with Gasteiger partial charge in [-0.25, -0.2) is 0 Å². The fourth-order valence-electron chi connectivity index (χ4n) is 4.14. The second kappa shape index (κ2) is 8.61. The average Bonchev–Trinajstić information content (AvgIpc) is 2.68. The Labute approximate surface area is 173 Å². The Morgan fingerprint density at radius 1 is 0.800 bits per heavy atom. The molecule has 0 amide bonds. The summed E-state index contributed by atoms with van der Waals surface area (Å²) in [5.74, 6) is -5.42. The van der Waals surface area contributed by atoms with Crippen molar-refractivity contribution in [3.8, 4) is 0 Å². The first-order valence-electron chi connectivity index (χ1n) is 9.55. The zero-order chi connectivity index (χ0) is 22.0. The number of carbonyl (C=O) groups is 5. The molecular weight excluding hydrogens is 392 g/mol. The number of esters is 3. The van der Waals surface area contributed by atoms with Crippen LogP contribution < -0.4 is 0 Å². The van der Waals surface area contributed by atoms with Crippen molar-refractivity contribution in [2.24, 2.45) is 23.7 Å². The Hall–Kier alpha value is -3.29. The Morgan fingerprint density at radius 3 is 1.87 bits per heavy atom. The summed E-state index contributed by atoms with van der Waals surface area (Å²) >= 11 is 0. The highest BCUT2D eigenvalue weighted by atomic mass is 16.6. The van der Waals surface area contributed by atoms with Gasteiger partial charge in [0.1, 0.15) is 12.4 Å². The molecule has 2 aliphatic rings. The zero-order valence-corrected chi connectivity index (χ0v) is 16.9. The minimum atomic E-state index is -0.924. The fraction of sp³-hybridized carbons (Fsp3) is 0.409. The van der Waals surface area contributed by atoms with Crippen LogP contribution in [0.1, 0.15) is 41.5 Å². The molecule has 0 spiro atoms. The van der Waals surface area contributed by atoms with E-state index >= 15 is 0 Å². The first-order valence-corrected chi connectivity index (χ1v) is 9.55. The average molecular weight is 414 g/mol. The Bertz CT molecular complexity index is 944. The number of hydrogen-bond donors (Lipinski definition) is 0. The van der Waals surface area contributed by atoms with Crippen molar-refractivity contribution in [3.05, 3.63) is 47.2 Å². The standard InChI is InChI=1S/C22H22O8/c1-11(23)28-9-14-8-18(30-13(3)25)17(10-29-12(2)24)20-19(14)21(26)15-6-4-5-7-16(15)22(20)27/h4-8,14,17,19-20H,9-10H2,1-3H3/t14-,17-,19?,20?/m1/s1. The quantitative estimate of drug-likeness (QED) is 0.532. The molecule has 0 N–H and O–H groups in total. The van der Waals surface area contributed by atoms with Crippen LogP contribution in [-0.4, -0.2) is 42.7 Å². The van der Waals surface area contributed by atoms with E-state index in [-0.39, 0.29) is 36.1 Å². The van der Waals surface area contributed by atoms with Crippen molar-refractivity contribution in [1.29, 1.82) is 0 Å². The number of Topliss-reactive ketones (excluding diaryl/α,β-unsaturated/α-hetero) is 2. The smallest absolute Gasteiger partial charge is 0.307 e. The minimum Gasteiger partial charge on any atom is -0.465 e. The van der Waals surface area contributed by atoms with Crippen molar-refractivity contribution >= 4 is 29.5 Å². The van der Waals surface area contributed by atoms with Gasteiger partial charge >= 0.3 is 17.9 Å². The molecular formula is C22H22O8. The summed E-state index contributed by atoms with van der Waals surface area (Å²) in [6.07, 6.45) is 1.53. The second-order valence-electron chi connectivity index (χ2n) is 7.36. The van der Waals surface area contributed by atoms with Crippen LogP contribution in [0.25, 0.3) is 0 Å². The number of ether oxygens (including phenoxy) is 3. The third kappa shape index (κ3) is 4.17. The summed E-state index contributed by atoms with van der Waals surface area (Å²) in [5.41, 5.74) is 0.569. The number of ketones is 2. The molecule has 158 valence electrons. The van der Waals surface area contributed by atoms with Crippen molar-refractivity contribution in [1.82, 2.24) is 0 Å². The molecule has 0 heterocycles. The monoisotopic (exact) mass is 414 g/mol. The van der Waals surface area contributed by atoms with Crippen LogP contribution in [0.4, 0.5) is 0 Å². The van der Waals surface area contributed by atoms with Gasteiger partial charge in [0.15, 0.2) is 11.6 Å². The van der Waals surface area contributed by atoms with Gasteiger partial charge in [-0.2, -0.15) is 0 Å². The van der Waals surface area contributed by atoms with Gasteiger partial charge < -0.3 is 14.2 Å². The highest BCUT2D eigenvalue weighted by Crippen LogP contribution is 2.46. The Kier molecular flexibility index (Phi) is 6.14. The largest absolute Gasteiger partial charge is 0.465 e. The molecule has 0 fully saturated rings. The van der Waals surface area contributed by atoms with E-state index in [1.807, 2.05) is 0 Å². The number of fused-ring (bicyclic) bond motifs is 2. The van der Waals surface area contributed by atoms with E-state index in [0.717, 1.165) is 0 Å². The third-order valence-corrected chi connectivity index (χ3v) is 5.30. The van der Waals surface area contributed by atoms with Crippen molar-refractivity contribution in [2.75, 3.05) is 13.2 Å². The summed E-state index contributed by atoms with van der Waals surface area (Å²) < 4.78 is 15.6. The van der Waals surface area contributed by atoms with Gasteiger partial charge in [-0.1, -0.05) is 24.3 Å². The predicted octanol–water partition coefficient (Wildman–Crippen LogP) is 2.12. The number of rotatable bonds is 5. The van der Waals surface area contributed by atoms with E-state index in [9.17, 15) is 24.0 Å². The lowest BCUT2D eigenvalue weighted by molar-refractivity contribution is -0.146. The summed E-state index contributed by atoms with van der Waals surface area (Å²) in [6, 6.07) is 6.48. The van der Waals surface area contributed by atoms with Gasteiger partial charge in [0.25, 0.3) is 0 Å². The zero-order valence-electron chi connectivity index (χ0n) is 16.9. The summed E-state index contributed by atoms with van der Waals surface area (Å²) in [4.78, 5) is 61.1. The molecule has 0 saturated heterocycles. The molecule has 8 nitrogen and oxygen atoms in total. The van der Waals surface area contributed by atoms with Crippen molar-refractivity contribution < 1.29 is 38.2 Å². The van der Waals surface area contributed by atoms with Crippen LogP contribution in [0.15, 0.2) is 36.1 Å². The molecule has 1 aromatic carbocycles. The van der Waals surface area contributed by atoms with E-state index in [0.29, 0.717) is 5.56 Å². The van der Waals surface area contributed by atoms with Crippen LogP contribution in [0.2, 0.25) is 0 Å². The maximum atomic E-state index is 13.4. The molecule has 0 bridgehead atoms. The van der Waals surface area contributed by atoms with Crippen molar-refractivity contribution in [3.63, 3.8) is 0 Å². The van der Waals surface area contributed by atoms with Crippen molar-refractivity contribution in [2.45, 2.75) is 20.8 Å². The van der Waals surface area contributed by atoms with E-state index in [2.05, 4.69) is 0 Å². The summed E-state index contributed by atoms with van der Waals surface area (Å²) in [5, 5.41) is 0. The molecule has 0 aromatic heterocycles. The number of hydrogen-bond acceptors (Lipinski definition) is 8. The molecule has 1 aromatic rings. The summed E-state index contributed by atoms with van der Waals surface area (Å²) in [7, 11) is 0. The third-order valence-electron chi connectivity index (χ3n) is 5.30. The molecule has 2 aliphatic carbocycles. The molecule has 30 heavy (non-hydrogen) atoms. The van der Waals surface area contributed by atoms with Crippen LogP contribution in [0, 0.1) is 23.7 Å². The Balaban J connectivity index is 2.11. The van der Waals surface area contributed by atoms with E-state index in [1.165, 1.54) is 26.8 Å². The molecule has 0 radical (unpaired) electrons. The molecule has 0 saturated carbocycles. The molecule has 0 aliphatic heterocycles. The molecule has 2 unspecified atom stereocenters. The van der Waals surface area contributed by atoms with E-state index in [4.69, 9.17) is 14.2 Å². The highest BCUT2D eigenvalue weighted by molar-refractivity contribution is 6.16. The van der Waals surface area contributed by atoms with Gasteiger partial charge in [0.05, 0.1) is 12.5 Å². The highest BCUT2D eigenvalue weighted by Gasteiger charge is 2.52. The normalized spacial score (nSPS) is 24.8. The van der Waals surface area contributed by atoms with Gasteiger partial charge in [-0.05, 0) is 6.08 Å². The first kappa shape index (κ1) is 21.4. The van der Waals surface area contributed by atoms with Gasteiger partial charge in [0.2, 0.25) is 0 Å². The summed E-state index contributed by atoms with van der Waals surface area (Å²) in [6.45, 7) is 3.30. The van der Waals surface area contributed by atoms with Gasteiger partial charge in [-0.15, -0.1) is 0 Å². The Morgan fingerprint density at radius 2 is 1.33 bits per heavy atom. The lowest BCUT2D eigenvalue weighted by atomic mass is 9.61. The lowest BCUT2D eigenvalue weighted by Gasteiger charge is -2.42. The predicted molar refractivity (Wildman–Crippen MR) is 102 cm³/mol. The van der Waals surface area contributed by atoms with Crippen LogP contribution >= 0.6 is 0 Å². The molecule has 4 atom stereocenters. The van der Waals surface area contributed by atoms with Crippen LogP contribution in [-0.2, 0) is 28.6 Å². The van der Waals surface area contributed by atoms with Crippen LogP contribution in [0.3, 0.4) is 0 Å². The first-order chi connectivity index (χ1) is 14.2. The minimum absolute atomic E-state index is 0.127. The topological polar surface area (TPSA) is 113 Å². The maximum Gasteiger partial charge on any atom is 0.307 e. The van der Waals surface area contributed by atoms with E-state index in [1.54, 1.807) is 24.3 Å². The molecule has 8 heteroatoms. The second-order valence-corrected chi connectivity index (χ2v) is 7.36. The molecule has 3 rings (SSSR count). The number of benzene rings is 1. The van der Waals surface area contributed by atoms with Crippen LogP contribution in [0.5, 0.6) is 0 Å². The lowest BCUT2D eigenvalue weighted by Crippen LogP contribution is -2.49.